The summed E-state index contributed by atoms with van der Waals surface area (Å²) >= 11 is 0. The zero-order chi connectivity index (χ0) is 19.6. The Morgan fingerprint density at radius 2 is 1.04 bits per heavy atom. The Morgan fingerprint density at radius 1 is 0.593 bits per heavy atom. The van der Waals surface area contributed by atoms with Crippen molar-refractivity contribution < 1.29 is 14.2 Å². The SMILES string of the molecule is CCOC(CCCCCCCCCCCC1CCCCC1)(OCC)OCC. The third kappa shape index (κ3) is 12.1. The van der Waals surface area contributed by atoms with Crippen LogP contribution >= 0.6 is 0 Å². The minimum Gasteiger partial charge on any atom is -0.328 e. The molecule has 0 saturated heterocycles. The molecular weight excluding hydrogens is 336 g/mol. The number of unbranched alkanes of at least 4 members (excludes halogenated alkanes) is 8. The van der Waals surface area contributed by atoms with Gasteiger partial charge in [-0.3, -0.25) is 0 Å². The van der Waals surface area contributed by atoms with Crippen molar-refractivity contribution in [3.8, 4) is 0 Å². The summed E-state index contributed by atoms with van der Waals surface area (Å²) in [5, 5.41) is 0. The lowest BCUT2D eigenvalue weighted by atomic mass is 9.85. The summed E-state index contributed by atoms with van der Waals surface area (Å²) in [6.07, 6.45) is 22.1. The van der Waals surface area contributed by atoms with Crippen LogP contribution in [-0.2, 0) is 14.2 Å². The van der Waals surface area contributed by atoms with Crippen molar-refractivity contribution in [2.45, 2.75) is 129 Å². The lowest BCUT2D eigenvalue weighted by molar-refractivity contribution is -0.380. The molecule has 162 valence electrons. The Bertz CT molecular complexity index is 296. The molecule has 0 aromatic rings. The second-order valence-corrected chi connectivity index (χ2v) is 8.21. The minimum atomic E-state index is -0.809. The van der Waals surface area contributed by atoms with Gasteiger partial charge in [-0.05, 0) is 33.1 Å². The Morgan fingerprint density at radius 3 is 1.52 bits per heavy atom. The molecule has 0 aliphatic heterocycles. The summed E-state index contributed by atoms with van der Waals surface area (Å²) in [6.45, 7) is 7.88. The third-order valence-corrected chi connectivity index (χ3v) is 5.91. The van der Waals surface area contributed by atoms with Crippen LogP contribution in [0.25, 0.3) is 0 Å². The molecule has 0 radical (unpaired) electrons. The van der Waals surface area contributed by atoms with Gasteiger partial charge in [0.25, 0.3) is 5.97 Å². The molecule has 3 heteroatoms. The number of hydrogen-bond acceptors (Lipinski definition) is 3. The van der Waals surface area contributed by atoms with Crippen molar-refractivity contribution in [1.29, 1.82) is 0 Å². The summed E-state index contributed by atoms with van der Waals surface area (Å²) in [5.74, 6) is 0.257. The van der Waals surface area contributed by atoms with E-state index in [0.29, 0.717) is 19.8 Å². The first-order valence-corrected chi connectivity index (χ1v) is 12.2. The molecular formula is C24H48O3. The number of rotatable bonds is 18. The summed E-state index contributed by atoms with van der Waals surface area (Å²) in [6, 6.07) is 0. The molecule has 0 unspecified atom stereocenters. The molecule has 0 bridgehead atoms. The van der Waals surface area contributed by atoms with Crippen LogP contribution in [0.15, 0.2) is 0 Å². The van der Waals surface area contributed by atoms with Gasteiger partial charge in [-0.15, -0.1) is 0 Å². The van der Waals surface area contributed by atoms with Crippen LogP contribution in [-0.4, -0.2) is 25.8 Å². The fraction of sp³-hybridized carbons (Fsp3) is 1.00. The lowest BCUT2D eigenvalue weighted by Crippen LogP contribution is -2.39. The predicted molar refractivity (Wildman–Crippen MR) is 115 cm³/mol. The monoisotopic (exact) mass is 384 g/mol. The largest absolute Gasteiger partial charge is 0.328 e. The molecule has 0 spiro atoms. The predicted octanol–water partition coefficient (Wildman–Crippen LogP) is 7.62. The first-order chi connectivity index (χ1) is 13.3. The van der Waals surface area contributed by atoms with Gasteiger partial charge in [0.15, 0.2) is 0 Å². The standard InChI is InChI=1S/C24H48O3/c1-4-25-24(26-5-2,27-6-3)22-18-13-11-9-7-8-10-12-15-19-23-20-16-14-17-21-23/h23H,4-22H2,1-3H3. The van der Waals surface area contributed by atoms with Crippen molar-refractivity contribution in [2.75, 3.05) is 19.8 Å². The van der Waals surface area contributed by atoms with Crippen LogP contribution in [0, 0.1) is 5.92 Å². The van der Waals surface area contributed by atoms with E-state index >= 15 is 0 Å². The maximum atomic E-state index is 5.79. The molecule has 1 fully saturated rings. The molecule has 1 saturated carbocycles. The van der Waals surface area contributed by atoms with Crippen LogP contribution in [0.2, 0.25) is 0 Å². The van der Waals surface area contributed by atoms with Gasteiger partial charge < -0.3 is 14.2 Å². The maximum Gasteiger partial charge on any atom is 0.282 e. The average Bonchev–Trinajstić information content (AvgIpc) is 2.67. The van der Waals surface area contributed by atoms with Gasteiger partial charge in [0.05, 0.1) is 0 Å². The molecule has 0 aromatic carbocycles. The molecule has 0 aromatic heterocycles. The molecule has 1 aliphatic rings. The molecule has 0 amide bonds. The Balaban J connectivity index is 1.94. The smallest absolute Gasteiger partial charge is 0.282 e. The zero-order valence-electron chi connectivity index (χ0n) is 18.7. The third-order valence-electron chi connectivity index (χ3n) is 5.91. The first-order valence-electron chi connectivity index (χ1n) is 12.2. The summed E-state index contributed by atoms with van der Waals surface area (Å²) in [5.41, 5.74) is 0. The van der Waals surface area contributed by atoms with E-state index in [1.807, 2.05) is 20.8 Å². The second-order valence-electron chi connectivity index (χ2n) is 8.21. The van der Waals surface area contributed by atoms with E-state index in [1.54, 1.807) is 0 Å². The van der Waals surface area contributed by atoms with Crippen molar-refractivity contribution >= 4 is 0 Å². The molecule has 27 heavy (non-hydrogen) atoms. The molecule has 0 N–H and O–H groups in total. The van der Waals surface area contributed by atoms with Crippen molar-refractivity contribution in [2.24, 2.45) is 5.92 Å². The molecule has 1 aliphatic carbocycles. The van der Waals surface area contributed by atoms with Crippen LogP contribution in [0.3, 0.4) is 0 Å². The van der Waals surface area contributed by atoms with Crippen molar-refractivity contribution in [3.05, 3.63) is 0 Å². The highest BCUT2D eigenvalue weighted by Crippen LogP contribution is 2.28. The lowest BCUT2D eigenvalue weighted by Gasteiger charge is -2.32. The van der Waals surface area contributed by atoms with E-state index in [-0.39, 0.29) is 0 Å². The van der Waals surface area contributed by atoms with Gasteiger partial charge in [0.2, 0.25) is 0 Å². The summed E-state index contributed by atoms with van der Waals surface area (Å²) in [7, 11) is 0. The zero-order valence-corrected chi connectivity index (χ0v) is 18.7. The van der Waals surface area contributed by atoms with Gasteiger partial charge in [-0.1, -0.05) is 89.9 Å². The highest BCUT2D eigenvalue weighted by Gasteiger charge is 2.31. The number of ether oxygens (including phenoxy) is 3. The van der Waals surface area contributed by atoms with Gasteiger partial charge >= 0.3 is 0 Å². The Labute approximate surface area is 169 Å². The highest BCUT2D eigenvalue weighted by molar-refractivity contribution is 4.65. The minimum absolute atomic E-state index is 0.626. The second kappa shape index (κ2) is 16.8. The van der Waals surface area contributed by atoms with E-state index in [0.717, 1.165) is 18.8 Å². The van der Waals surface area contributed by atoms with Crippen LogP contribution in [0.4, 0.5) is 0 Å². The molecule has 0 atom stereocenters. The molecule has 1 rings (SSSR count). The van der Waals surface area contributed by atoms with E-state index in [4.69, 9.17) is 14.2 Å². The van der Waals surface area contributed by atoms with E-state index in [9.17, 15) is 0 Å². The maximum absolute atomic E-state index is 5.79. The van der Waals surface area contributed by atoms with Crippen LogP contribution in [0.1, 0.15) is 124 Å². The van der Waals surface area contributed by atoms with Gasteiger partial charge in [-0.25, -0.2) is 0 Å². The van der Waals surface area contributed by atoms with Gasteiger partial charge in [0, 0.05) is 26.2 Å². The highest BCUT2D eigenvalue weighted by atomic mass is 16.9. The normalized spacial score (nSPS) is 16.1. The topological polar surface area (TPSA) is 27.7 Å². The molecule has 3 nitrogen and oxygen atoms in total. The summed E-state index contributed by atoms with van der Waals surface area (Å²) in [4.78, 5) is 0. The number of hydrogen-bond donors (Lipinski definition) is 0. The fourth-order valence-electron chi connectivity index (χ4n) is 4.49. The van der Waals surface area contributed by atoms with Crippen LogP contribution in [0.5, 0.6) is 0 Å². The van der Waals surface area contributed by atoms with E-state index in [1.165, 1.54) is 89.9 Å². The van der Waals surface area contributed by atoms with Gasteiger partial charge in [0.1, 0.15) is 0 Å². The fourth-order valence-corrected chi connectivity index (χ4v) is 4.49. The first kappa shape index (κ1) is 24.9. The summed E-state index contributed by atoms with van der Waals surface area (Å²) < 4.78 is 17.4. The van der Waals surface area contributed by atoms with Crippen molar-refractivity contribution in [1.82, 2.24) is 0 Å². The Kier molecular flexibility index (Phi) is 15.5. The van der Waals surface area contributed by atoms with E-state index in [2.05, 4.69) is 0 Å². The quantitative estimate of drug-likeness (QED) is 0.180. The van der Waals surface area contributed by atoms with E-state index < -0.39 is 5.97 Å². The van der Waals surface area contributed by atoms with Gasteiger partial charge in [-0.2, -0.15) is 0 Å². The molecule has 0 heterocycles. The Hall–Kier alpha value is -0.120. The van der Waals surface area contributed by atoms with Crippen LogP contribution < -0.4 is 0 Å². The average molecular weight is 385 g/mol. The van der Waals surface area contributed by atoms with Crippen molar-refractivity contribution in [3.63, 3.8) is 0 Å².